The molecular formula is C26H23BrN2O3S. The van der Waals surface area contributed by atoms with Gasteiger partial charge in [0.25, 0.3) is 5.91 Å². The van der Waals surface area contributed by atoms with Gasteiger partial charge < -0.3 is 9.47 Å². The maximum atomic E-state index is 13.5. The van der Waals surface area contributed by atoms with Gasteiger partial charge in [-0.1, -0.05) is 35.4 Å². The number of rotatable bonds is 5. The highest BCUT2D eigenvalue weighted by Crippen LogP contribution is 2.40. The number of methoxy groups -OCH3 is 2. The summed E-state index contributed by atoms with van der Waals surface area (Å²) >= 11 is 4.87. The SMILES string of the molecule is COc1cc(/C=C2\SC(=Nc3ccc(C)cc3)N(c3ccc(C)cc3)C2=O)cc(Br)c1OC. The standard InChI is InChI=1S/C26H23BrN2O3S/c1-16-5-9-19(10-6-16)28-26-29(20-11-7-17(2)8-12-20)25(30)23(33-26)15-18-13-21(27)24(32-4)22(14-18)31-3/h5-15H,1-4H3/b23-15-,28-26?. The van der Waals surface area contributed by atoms with Crippen LogP contribution in [-0.2, 0) is 4.79 Å². The first kappa shape index (κ1) is 23.1. The van der Waals surface area contributed by atoms with Gasteiger partial charge in [-0.2, -0.15) is 0 Å². The lowest BCUT2D eigenvalue weighted by Crippen LogP contribution is -2.28. The van der Waals surface area contributed by atoms with Crippen molar-refractivity contribution in [1.82, 2.24) is 0 Å². The Morgan fingerprint density at radius 3 is 2.18 bits per heavy atom. The first-order chi connectivity index (χ1) is 15.9. The molecule has 0 radical (unpaired) electrons. The third-order valence-electron chi connectivity index (χ3n) is 5.11. The van der Waals surface area contributed by atoms with Crippen LogP contribution in [0.25, 0.3) is 6.08 Å². The minimum atomic E-state index is -0.124. The number of hydrogen-bond donors (Lipinski definition) is 0. The minimum absolute atomic E-state index is 0.124. The van der Waals surface area contributed by atoms with E-state index < -0.39 is 0 Å². The third-order valence-corrected chi connectivity index (χ3v) is 6.67. The summed E-state index contributed by atoms with van der Waals surface area (Å²) in [5.74, 6) is 1.06. The van der Waals surface area contributed by atoms with Crippen molar-refractivity contribution in [2.24, 2.45) is 4.99 Å². The molecule has 7 heteroatoms. The number of halogens is 1. The highest BCUT2D eigenvalue weighted by molar-refractivity contribution is 9.10. The summed E-state index contributed by atoms with van der Waals surface area (Å²) in [6.45, 7) is 4.05. The van der Waals surface area contributed by atoms with Crippen LogP contribution in [-0.4, -0.2) is 25.3 Å². The number of amidine groups is 1. The van der Waals surface area contributed by atoms with E-state index in [1.165, 1.54) is 11.8 Å². The predicted octanol–water partition coefficient (Wildman–Crippen LogP) is 6.89. The second-order valence-corrected chi connectivity index (χ2v) is 9.42. The Morgan fingerprint density at radius 2 is 1.58 bits per heavy atom. The molecule has 4 rings (SSSR count). The van der Waals surface area contributed by atoms with Crippen LogP contribution in [0.3, 0.4) is 0 Å². The Kier molecular flexibility index (Phi) is 6.91. The highest BCUT2D eigenvalue weighted by Gasteiger charge is 2.34. The van der Waals surface area contributed by atoms with Gasteiger partial charge in [-0.15, -0.1) is 0 Å². The summed E-state index contributed by atoms with van der Waals surface area (Å²) in [6, 6.07) is 19.5. The Bertz CT molecular complexity index is 1250. The number of amides is 1. The van der Waals surface area contributed by atoms with Crippen molar-refractivity contribution in [2.45, 2.75) is 13.8 Å². The van der Waals surface area contributed by atoms with Crippen molar-refractivity contribution in [3.63, 3.8) is 0 Å². The molecule has 3 aromatic carbocycles. The van der Waals surface area contributed by atoms with Gasteiger partial charge in [-0.05, 0) is 89.6 Å². The molecule has 0 bridgehead atoms. The number of thioether (sulfide) groups is 1. The van der Waals surface area contributed by atoms with Gasteiger partial charge >= 0.3 is 0 Å². The lowest BCUT2D eigenvalue weighted by Gasteiger charge is -2.16. The Morgan fingerprint density at radius 1 is 0.939 bits per heavy atom. The quantitative estimate of drug-likeness (QED) is 0.342. The van der Waals surface area contributed by atoms with Crippen LogP contribution in [0.4, 0.5) is 11.4 Å². The van der Waals surface area contributed by atoms with E-state index in [4.69, 9.17) is 14.5 Å². The number of aryl methyl sites for hydroxylation is 2. The molecule has 1 heterocycles. The molecule has 1 fully saturated rings. The number of ether oxygens (including phenoxy) is 2. The van der Waals surface area contributed by atoms with Crippen LogP contribution in [0.5, 0.6) is 11.5 Å². The van der Waals surface area contributed by atoms with E-state index >= 15 is 0 Å². The molecular weight excluding hydrogens is 500 g/mol. The minimum Gasteiger partial charge on any atom is -0.493 e. The Labute approximate surface area is 206 Å². The zero-order valence-electron chi connectivity index (χ0n) is 18.8. The maximum absolute atomic E-state index is 13.5. The van der Waals surface area contributed by atoms with Crippen LogP contribution < -0.4 is 14.4 Å². The summed E-state index contributed by atoms with van der Waals surface area (Å²) in [7, 11) is 3.17. The van der Waals surface area contributed by atoms with Crippen LogP contribution in [0, 0.1) is 13.8 Å². The summed E-state index contributed by atoms with van der Waals surface area (Å²) in [5.41, 5.74) is 4.67. The number of aliphatic imine (C=N–C) groups is 1. The summed E-state index contributed by atoms with van der Waals surface area (Å²) < 4.78 is 11.6. The van der Waals surface area contributed by atoms with Crippen LogP contribution in [0.2, 0.25) is 0 Å². The Hall–Kier alpha value is -3.03. The van der Waals surface area contributed by atoms with Crippen molar-refractivity contribution in [3.8, 4) is 11.5 Å². The average molecular weight is 523 g/mol. The van der Waals surface area contributed by atoms with Crippen LogP contribution in [0.1, 0.15) is 16.7 Å². The third kappa shape index (κ3) is 4.99. The first-order valence-corrected chi connectivity index (χ1v) is 11.9. The molecule has 0 aliphatic carbocycles. The monoisotopic (exact) mass is 522 g/mol. The normalized spacial score (nSPS) is 16.0. The fraction of sp³-hybridized carbons (Fsp3) is 0.154. The lowest BCUT2D eigenvalue weighted by atomic mass is 10.1. The summed E-state index contributed by atoms with van der Waals surface area (Å²) in [6.07, 6.45) is 1.85. The molecule has 0 aromatic heterocycles. The fourth-order valence-corrected chi connectivity index (χ4v) is 5.00. The van der Waals surface area contributed by atoms with Gasteiger partial charge in [0.1, 0.15) is 0 Å². The zero-order chi connectivity index (χ0) is 23.5. The molecule has 168 valence electrons. The molecule has 5 nitrogen and oxygen atoms in total. The van der Waals surface area contributed by atoms with E-state index in [1.807, 2.05) is 80.6 Å². The fourth-order valence-electron chi connectivity index (χ4n) is 3.37. The number of carbonyl (C=O) groups excluding carboxylic acids is 1. The molecule has 0 atom stereocenters. The van der Waals surface area contributed by atoms with Crippen molar-refractivity contribution < 1.29 is 14.3 Å². The molecule has 1 aliphatic rings. The van der Waals surface area contributed by atoms with E-state index in [0.717, 1.165) is 32.5 Å². The largest absolute Gasteiger partial charge is 0.493 e. The predicted molar refractivity (Wildman–Crippen MR) is 140 cm³/mol. The summed E-state index contributed by atoms with van der Waals surface area (Å²) in [5, 5.41) is 0.610. The molecule has 0 unspecified atom stereocenters. The van der Waals surface area contributed by atoms with Crippen molar-refractivity contribution in [1.29, 1.82) is 0 Å². The molecule has 1 amide bonds. The van der Waals surface area contributed by atoms with E-state index in [1.54, 1.807) is 19.1 Å². The average Bonchev–Trinajstić information content (AvgIpc) is 3.10. The van der Waals surface area contributed by atoms with E-state index in [-0.39, 0.29) is 5.91 Å². The Balaban J connectivity index is 1.78. The van der Waals surface area contributed by atoms with Gasteiger partial charge in [-0.25, -0.2) is 4.99 Å². The second kappa shape index (κ2) is 9.85. The van der Waals surface area contributed by atoms with Gasteiger partial charge in [0.05, 0.1) is 35.0 Å². The van der Waals surface area contributed by atoms with E-state index in [2.05, 4.69) is 15.9 Å². The first-order valence-electron chi connectivity index (χ1n) is 10.3. The molecule has 3 aromatic rings. The lowest BCUT2D eigenvalue weighted by molar-refractivity contribution is -0.113. The number of hydrogen-bond acceptors (Lipinski definition) is 5. The van der Waals surface area contributed by atoms with E-state index in [0.29, 0.717) is 21.6 Å². The second-order valence-electron chi connectivity index (χ2n) is 7.55. The van der Waals surface area contributed by atoms with Gasteiger partial charge in [-0.3, -0.25) is 9.69 Å². The molecule has 1 saturated heterocycles. The number of benzene rings is 3. The smallest absolute Gasteiger partial charge is 0.271 e. The summed E-state index contributed by atoms with van der Waals surface area (Å²) in [4.78, 5) is 20.5. The van der Waals surface area contributed by atoms with Crippen molar-refractivity contribution in [2.75, 3.05) is 19.1 Å². The number of anilines is 1. The highest BCUT2D eigenvalue weighted by atomic mass is 79.9. The molecule has 0 N–H and O–H groups in total. The van der Waals surface area contributed by atoms with E-state index in [9.17, 15) is 4.79 Å². The number of carbonyl (C=O) groups is 1. The molecule has 0 saturated carbocycles. The van der Waals surface area contributed by atoms with Crippen LogP contribution >= 0.6 is 27.7 Å². The maximum Gasteiger partial charge on any atom is 0.271 e. The number of nitrogens with zero attached hydrogens (tertiary/aromatic N) is 2. The molecule has 33 heavy (non-hydrogen) atoms. The molecule has 0 spiro atoms. The van der Waals surface area contributed by atoms with Gasteiger partial charge in [0, 0.05) is 0 Å². The van der Waals surface area contributed by atoms with Crippen molar-refractivity contribution >= 4 is 56.2 Å². The zero-order valence-corrected chi connectivity index (χ0v) is 21.2. The van der Waals surface area contributed by atoms with Crippen molar-refractivity contribution in [3.05, 3.63) is 86.7 Å². The topological polar surface area (TPSA) is 51.1 Å². The van der Waals surface area contributed by atoms with Gasteiger partial charge in [0.2, 0.25) is 0 Å². The molecule has 1 aliphatic heterocycles. The van der Waals surface area contributed by atoms with Gasteiger partial charge in [0.15, 0.2) is 16.7 Å². The van der Waals surface area contributed by atoms with Crippen LogP contribution in [0.15, 0.2) is 75.0 Å².